The minimum Gasteiger partial charge on any atom is -0.457 e. The van der Waals surface area contributed by atoms with Crippen molar-refractivity contribution in [2.24, 2.45) is 4.99 Å². The van der Waals surface area contributed by atoms with Crippen LogP contribution in [0.2, 0.25) is 0 Å². The number of ether oxygens (including phenoxy) is 1. The van der Waals surface area contributed by atoms with Crippen molar-refractivity contribution < 1.29 is 4.74 Å². The van der Waals surface area contributed by atoms with E-state index < -0.39 is 0 Å². The SMILES string of the molecule is Cc1cc(Nc2ncnc3c2NC(N2CCCC2)N=C3)ccc1Oc1ccn2ncnc2c1. The Kier molecular flexibility index (Phi) is 4.84. The molecule has 1 fully saturated rings. The maximum absolute atomic E-state index is 6.08. The predicted molar refractivity (Wildman–Crippen MR) is 125 cm³/mol. The zero-order valence-electron chi connectivity index (χ0n) is 18.1. The van der Waals surface area contributed by atoms with Crippen molar-refractivity contribution in [3.8, 4) is 11.5 Å². The van der Waals surface area contributed by atoms with Gasteiger partial charge in [0.25, 0.3) is 0 Å². The number of rotatable bonds is 5. The first kappa shape index (κ1) is 19.6. The predicted octanol–water partition coefficient (Wildman–Crippen LogP) is 3.59. The Balaban J connectivity index is 1.21. The largest absolute Gasteiger partial charge is 0.457 e. The van der Waals surface area contributed by atoms with E-state index in [1.165, 1.54) is 19.2 Å². The van der Waals surface area contributed by atoms with Gasteiger partial charge in [0.15, 0.2) is 17.8 Å². The number of aliphatic imine (C=N–C) groups is 1. The second-order valence-electron chi connectivity index (χ2n) is 8.15. The molecule has 166 valence electrons. The summed E-state index contributed by atoms with van der Waals surface area (Å²) in [6.45, 7) is 4.11. The van der Waals surface area contributed by atoms with Crippen LogP contribution in [0.3, 0.4) is 0 Å². The van der Waals surface area contributed by atoms with E-state index in [2.05, 4.69) is 40.6 Å². The summed E-state index contributed by atoms with van der Waals surface area (Å²) >= 11 is 0. The van der Waals surface area contributed by atoms with Crippen molar-refractivity contribution in [2.45, 2.75) is 26.1 Å². The zero-order chi connectivity index (χ0) is 22.2. The average Bonchev–Trinajstić information content (AvgIpc) is 3.53. The fourth-order valence-corrected chi connectivity index (χ4v) is 4.18. The Morgan fingerprint density at radius 2 is 1.97 bits per heavy atom. The minimum atomic E-state index is -0.0771. The molecule has 2 aliphatic heterocycles. The molecular weight excluding hydrogens is 418 g/mol. The molecule has 3 aromatic heterocycles. The van der Waals surface area contributed by atoms with Crippen LogP contribution in [0.4, 0.5) is 17.2 Å². The normalized spacial score (nSPS) is 17.7. The molecule has 0 saturated carbocycles. The van der Waals surface area contributed by atoms with Crippen LogP contribution in [0.25, 0.3) is 5.65 Å². The van der Waals surface area contributed by atoms with Gasteiger partial charge in [-0.1, -0.05) is 0 Å². The van der Waals surface area contributed by atoms with Crippen molar-refractivity contribution >= 4 is 29.1 Å². The standard InChI is InChI=1S/C23H23N9O/c1-15-10-16(4-5-19(15)33-17-6-9-32-20(11-17)26-14-28-32)29-22-21-18(25-13-27-22)12-24-23(30-21)31-7-2-3-8-31/h4-6,9-14,23,30H,2-3,7-8H2,1H3,(H,25,27,29). The molecular formula is C23H23N9O. The molecule has 0 bridgehead atoms. The van der Waals surface area contributed by atoms with Crippen molar-refractivity contribution in [1.82, 2.24) is 29.5 Å². The van der Waals surface area contributed by atoms with Crippen molar-refractivity contribution in [2.75, 3.05) is 23.7 Å². The molecule has 0 amide bonds. The maximum atomic E-state index is 6.08. The number of anilines is 3. The van der Waals surface area contributed by atoms with Crippen LogP contribution >= 0.6 is 0 Å². The molecule has 1 aromatic carbocycles. The molecule has 33 heavy (non-hydrogen) atoms. The van der Waals surface area contributed by atoms with Crippen molar-refractivity contribution in [1.29, 1.82) is 0 Å². The summed E-state index contributed by atoms with van der Waals surface area (Å²) in [4.78, 5) is 20.0. The van der Waals surface area contributed by atoms with Crippen LogP contribution in [0, 0.1) is 6.92 Å². The lowest BCUT2D eigenvalue weighted by Gasteiger charge is -2.29. The van der Waals surface area contributed by atoms with Gasteiger partial charge < -0.3 is 15.4 Å². The summed E-state index contributed by atoms with van der Waals surface area (Å²) in [6.07, 6.45) is 9.06. The number of nitrogens with one attached hydrogen (secondary N) is 2. The molecule has 6 rings (SSSR count). The third kappa shape index (κ3) is 3.85. The van der Waals surface area contributed by atoms with E-state index in [9.17, 15) is 0 Å². The van der Waals surface area contributed by atoms with Gasteiger partial charge in [0.2, 0.25) is 0 Å². The number of hydrogen-bond acceptors (Lipinski definition) is 9. The zero-order valence-corrected chi connectivity index (χ0v) is 18.1. The van der Waals surface area contributed by atoms with Gasteiger partial charge in [-0.2, -0.15) is 5.10 Å². The van der Waals surface area contributed by atoms with E-state index in [4.69, 9.17) is 4.74 Å². The average molecular weight is 441 g/mol. The molecule has 0 radical (unpaired) electrons. The van der Waals surface area contributed by atoms with Crippen LogP contribution < -0.4 is 15.4 Å². The number of pyridine rings is 1. The molecule has 5 heterocycles. The highest BCUT2D eigenvalue weighted by Crippen LogP contribution is 2.32. The highest BCUT2D eigenvalue weighted by molar-refractivity contribution is 5.92. The number of aromatic nitrogens is 5. The van der Waals surface area contributed by atoms with E-state index in [0.717, 1.165) is 52.9 Å². The third-order valence-electron chi connectivity index (χ3n) is 5.89. The molecule has 1 saturated heterocycles. The summed E-state index contributed by atoms with van der Waals surface area (Å²) in [7, 11) is 0. The smallest absolute Gasteiger partial charge is 0.176 e. The lowest BCUT2D eigenvalue weighted by atomic mass is 10.2. The van der Waals surface area contributed by atoms with Gasteiger partial charge >= 0.3 is 0 Å². The van der Waals surface area contributed by atoms with E-state index in [-0.39, 0.29) is 6.29 Å². The van der Waals surface area contributed by atoms with Gasteiger partial charge in [-0.25, -0.2) is 19.5 Å². The Morgan fingerprint density at radius 3 is 2.85 bits per heavy atom. The molecule has 1 unspecified atom stereocenters. The molecule has 0 aliphatic carbocycles. The number of benzene rings is 1. The van der Waals surface area contributed by atoms with E-state index in [0.29, 0.717) is 5.75 Å². The van der Waals surface area contributed by atoms with Crippen LogP contribution in [0.1, 0.15) is 24.1 Å². The van der Waals surface area contributed by atoms with Crippen LogP contribution in [-0.4, -0.2) is 55.1 Å². The summed E-state index contributed by atoms with van der Waals surface area (Å²) in [5.41, 5.74) is 4.29. The lowest BCUT2D eigenvalue weighted by molar-refractivity contribution is 0.274. The monoisotopic (exact) mass is 441 g/mol. The minimum absolute atomic E-state index is 0.0771. The van der Waals surface area contributed by atoms with Crippen LogP contribution in [0.5, 0.6) is 11.5 Å². The van der Waals surface area contributed by atoms with Crippen molar-refractivity contribution in [3.05, 3.63) is 60.4 Å². The second-order valence-corrected chi connectivity index (χ2v) is 8.15. The fraction of sp³-hybridized carbons (Fsp3) is 0.261. The summed E-state index contributed by atoms with van der Waals surface area (Å²) < 4.78 is 7.78. The summed E-state index contributed by atoms with van der Waals surface area (Å²) in [5.74, 6) is 2.20. The fourth-order valence-electron chi connectivity index (χ4n) is 4.18. The summed E-state index contributed by atoms with van der Waals surface area (Å²) in [5, 5.41) is 11.0. The lowest BCUT2D eigenvalue weighted by Crippen LogP contribution is -2.39. The van der Waals surface area contributed by atoms with Crippen LogP contribution in [-0.2, 0) is 0 Å². The Morgan fingerprint density at radius 1 is 1.06 bits per heavy atom. The van der Waals surface area contributed by atoms with E-state index in [1.54, 1.807) is 10.8 Å². The summed E-state index contributed by atoms with van der Waals surface area (Å²) in [6, 6.07) is 9.68. The molecule has 4 aromatic rings. The van der Waals surface area contributed by atoms with Crippen molar-refractivity contribution in [3.63, 3.8) is 0 Å². The highest BCUT2D eigenvalue weighted by Gasteiger charge is 2.26. The van der Waals surface area contributed by atoms with E-state index in [1.807, 2.05) is 49.7 Å². The Hall–Kier alpha value is -4.05. The Bertz CT molecular complexity index is 1340. The van der Waals surface area contributed by atoms with Gasteiger partial charge in [-0.15, -0.1) is 0 Å². The molecule has 2 N–H and O–H groups in total. The number of hydrogen-bond donors (Lipinski definition) is 2. The van der Waals surface area contributed by atoms with Gasteiger partial charge in [0.1, 0.15) is 35.5 Å². The third-order valence-corrected chi connectivity index (χ3v) is 5.89. The Labute approximate surface area is 190 Å². The van der Waals surface area contributed by atoms with Gasteiger partial charge in [0, 0.05) is 31.0 Å². The second kappa shape index (κ2) is 8.14. The molecule has 2 aliphatic rings. The molecule has 0 spiro atoms. The first-order valence-electron chi connectivity index (χ1n) is 11.0. The van der Waals surface area contributed by atoms with Gasteiger partial charge in [-0.05, 0) is 49.6 Å². The van der Waals surface area contributed by atoms with Gasteiger partial charge in [-0.3, -0.25) is 9.89 Å². The first-order chi connectivity index (χ1) is 16.2. The number of fused-ring (bicyclic) bond motifs is 2. The number of aryl methyl sites for hydroxylation is 1. The number of nitrogens with zero attached hydrogens (tertiary/aromatic N) is 7. The molecule has 10 heteroatoms. The van der Waals surface area contributed by atoms with E-state index >= 15 is 0 Å². The highest BCUT2D eigenvalue weighted by atomic mass is 16.5. The van der Waals surface area contributed by atoms with Crippen LogP contribution in [0.15, 0.2) is 54.2 Å². The molecule has 1 atom stereocenters. The number of likely N-dealkylation sites (tertiary alicyclic amines) is 1. The first-order valence-corrected chi connectivity index (χ1v) is 11.0. The maximum Gasteiger partial charge on any atom is 0.176 e. The van der Waals surface area contributed by atoms with Gasteiger partial charge in [0.05, 0.1) is 6.21 Å². The topological polar surface area (TPSA) is 105 Å². The quantitative estimate of drug-likeness (QED) is 0.484. The molecule has 10 nitrogen and oxygen atoms in total.